The van der Waals surface area contributed by atoms with E-state index in [2.05, 4.69) is 9.71 Å². The Morgan fingerprint density at radius 1 is 0.794 bits per heavy atom. The maximum absolute atomic E-state index is 12.9. The Morgan fingerprint density at radius 2 is 1.53 bits per heavy atom. The number of Topliss-reactive ketones (excluding diaryl/α,β-unsaturated/α-hetero) is 1. The summed E-state index contributed by atoms with van der Waals surface area (Å²) in [5, 5.41) is 0. The summed E-state index contributed by atoms with van der Waals surface area (Å²) in [5.74, 6) is 0.00169. The Morgan fingerprint density at radius 3 is 2.26 bits per heavy atom. The molecule has 1 aromatic heterocycles. The summed E-state index contributed by atoms with van der Waals surface area (Å²) in [5.41, 5.74) is 4.98. The van der Waals surface area contributed by atoms with Crippen molar-refractivity contribution in [3.05, 3.63) is 120 Å². The summed E-state index contributed by atoms with van der Waals surface area (Å²) in [6, 6.07) is 28.0. The fourth-order valence-electron chi connectivity index (χ4n) is 3.80. The molecule has 0 atom stereocenters. The van der Waals surface area contributed by atoms with Crippen LogP contribution in [0.1, 0.15) is 23.1 Å². The van der Waals surface area contributed by atoms with Crippen LogP contribution in [-0.2, 0) is 33.4 Å². The number of aryl methyl sites for hydroxylation is 1. The highest BCUT2D eigenvalue weighted by Gasteiger charge is 2.15. The molecule has 1 heterocycles. The number of pyridine rings is 1. The number of sulfonamides is 1. The minimum atomic E-state index is -3.62. The predicted octanol–water partition coefficient (Wildman–Crippen LogP) is 5.43. The second-order valence-corrected chi connectivity index (χ2v) is 9.88. The molecule has 0 aliphatic rings. The van der Waals surface area contributed by atoms with E-state index in [1.165, 1.54) is 0 Å². The summed E-state index contributed by atoms with van der Waals surface area (Å²) < 4.78 is 28.4. The van der Waals surface area contributed by atoms with Crippen LogP contribution in [0.25, 0.3) is 11.1 Å². The van der Waals surface area contributed by atoms with Crippen molar-refractivity contribution in [2.24, 2.45) is 0 Å². The first kappa shape index (κ1) is 23.4. The molecule has 0 saturated heterocycles. The molecular weight excluding hydrogens is 444 g/mol. The SMILES string of the molecule is O=C(CCc1cccnc1)Cc1ccc(NS(=O)(=O)Cc2ccccc2-c2ccccc2)cc1. The van der Waals surface area contributed by atoms with Gasteiger partial charge in [0, 0.05) is 30.9 Å². The van der Waals surface area contributed by atoms with E-state index >= 15 is 0 Å². The van der Waals surface area contributed by atoms with Gasteiger partial charge in [0.1, 0.15) is 5.78 Å². The van der Waals surface area contributed by atoms with E-state index < -0.39 is 10.0 Å². The molecule has 0 aliphatic carbocycles. The highest BCUT2D eigenvalue weighted by atomic mass is 32.2. The average molecular weight is 471 g/mol. The number of anilines is 1. The minimum Gasteiger partial charge on any atom is -0.299 e. The van der Waals surface area contributed by atoms with E-state index in [0.717, 1.165) is 27.8 Å². The molecule has 0 unspecified atom stereocenters. The van der Waals surface area contributed by atoms with E-state index in [-0.39, 0.29) is 11.5 Å². The van der Waals surface area contributed by atoms with Crippen LogP contribution in [0.4, 0.5) is 5.69 Å². The first-order valence-electron chi connectivity index (χ1n) is 11.1. The van der Waals surface area contributed by atoms with Crippen LogP contribution in [0.15, 0.2) is 103 Å². The normalized spacial score (nSPS) is 11.2. The standard InChI is InChI=1S/C28H26N2O3S/c31-27(17-14-23-7-6-18-29-20-23)19-22-12-15-26(16-13-22)30-34(32,33)21-25-10-4-5-11-28(25)24-8-2-1-3-9-24/h1-13,15-16,18,20,30H,14,17,19,21H2. The van der Waals surface area contributed by atoms with Crippen molar-refractivity contribution in [3.63, 3.8) is 0 Å². The molecule has 4 aromatic rings. The lowest BCUT2D eigenvalue weighted by Crippen LogP contribution is -2.15. The molecule has 0 fully saturated rings. The molecular formula is C28H26N2O3S. The number of ketones is 1. The summed E-state index contributed by atoms with van der Waals surface area (Å²) >= 11 is 0. The summed E-state index contributed by atoms with van der Waals surface area (Å²) in [4.78, 5) is 16.4. The fourth-order valence-corrected chi connectivity index (χ4v) is 5.03. The maximum atomic E-state index is 12.9. The summed E-state index contributed by atoms with van der Waals surface area (Å²) in [6.45, 7) is 0. The van der Waals surface area contributed by atoms with E-state index in [1.807, 2.05) is 66.7 Å². The molecule has 4 rings (SSSR count). The largest absolute Gasteiger partial charge is 0.299 e. The molecule has 5 nitrogen and oxygen atoms in total. The molecule has 0 aliphatic heterocycles. The van der Waals surface area contributed by atoms with Gasteiger partial charge in [-0.3, -0.25) is 14.5 Å². The maximum Gasteiger partial charge on any atom is 0.236 e. The highest BCUT2D eigenvalue weighted by molar-refractivity contribution is 7.91. The molecule has 0 saturated carbocycles. The molecule has 3 aromatic carbocycles. The number of hydrogen-bond donors (Lipinski definition) is 1. The van der Waals surface area contributed by atoms with Gasteiger partial charge in [0.15, 0.2) is 0 Å². The summed E-state index contributed by atoms with van der Waals surface area (Å²) in [7, 11) is -3.62. The number of benzene rings is 3. The van der Waals surface area contributed by atoms with Crippen LogP contribution >= 0.6 is 0 Å². The number of hydrogen-bond acceptors (Lipinski definition) is 4. The zero-order chi connectivity index (χ0) is 23.8. The van der Waals surface area contributed by atoms with Crippen molar-refractivity contribution in [2.45, 2.75) is 25.0 Å². The van der Waals surface area contributed by atoms with Crippen LogP contribution in [0.5, 0.6) is 0 Å². The zero-order valence-electron chi connectivity index (χ0n) is 18.7. The van der Waals surface area contributed by atoms with Crippen LogP contribution < -0.4 is 4.72 Å². The van der Waals surface area contributed by atoms with Crippen LogP contribution in [0.3, 0.4) is 0 Å². The van der Waals surface area contributed by atoms with Gasteiger partial charge in [-0.2, -0.15) is 0 Å². The Kier molecular flexibility index (Phi) is 7.50. The minimum absolute atomic E-state index is 0.132. The zero-order valence-corrected chi connectivity index (χ0v) is 19.5. The van der Waals surface area contributed by atoms with E-state index in [9.17, 15) is 13.2 Å². The molecule has 6 heteroatoms. The van der Waals surface area contributed by atoms with Gasteiger partial charge in [0.25, 0.3) is 0 Å². The number of nitrogens with one attached hydrogen (secondary N) is 1. The first-order chi connectivity index (χ1) is 16.5. The van der Waals surface area contributed by atoms with Crippen molar-refractivity contribution >= 4 is 21.5 Å². The molecule has 0 radical (unpaired) electrons. The van der Waals surface area contributed by atoms with E-state index in [0.29, 0.717) is 24.9 Å². The monoisotopic (exact) mass is 470 g/mol. The Bertz CT molecular complexity index is 1340. The Balaban J connectivity index is 1.36. The Hall–Kier alpha value is -3.77. The van der Waals surface area contributed by atoms with Gasteiger partial charge in [0.05, 0.1) is 5.75 Å². The van der Waals surface area contributed by atoms with Crippen LogP contribution in [-0.4, -0.2) is 19.2 Å². The number of carbonyl (C=O) groups excluding carboxylic acids is 1. The second kappa shape index (κ2) is 10.9. The molecule has 0 spiro atoms. The molecule has 34 heavy (non-hydrogen) atoms. The van der Waals surface area contributed by atoms with Crippen LogP contribution in [0, 0.1) is 0 Å². The van der Waals surface area contributed by atoms with Crippen molar-refractivity contribution in [1.29, 1.82) is 0 Å². The van der Waals surface area contributed by atoms with Gasteiger partial charge in [0.2, 0.25) is 10.0 Å². The average Bonchev–Trinajstić information content (AvgIpc) is 2.85. The Labute approximate surface area is 200 Å². The third-order valence-electron chi connectivity index (χ3n) is 5.49. The lowest BCUT2D eigenvalue weighted by atomic mass is 10.0. The molecule has 1 N–H and O–H groups in total. The molecule has 172 valence electrons. The number of carbonyl (C=O) groups is 1. The third-order valence-corrected chi connectivity index (χ3v) is 6.73. The number of nitrogens with zero attached hydrogens (tertiary/aromatic N) is 1. The fraction of sp³-hybridized carbons (Fsp3) is 0.143. The van der Waals surface area contributed by atoms with Crippen molar-refractivity contribution in [3.8, 4) is 11.1 Å². The van der Waals surface area contributed by atoms with Gasteiger partial charge in [-0.15, -0.1) is 0 Å². The molecule has 0 amide bonds. The molecule has 0 bridgehead atoms. The number of aromatic nitrogens is 1. The lowest BCUT2D eigenvalue weighted by molar-refractivity contribution is -0.118. The van der Waals surface area contributed by atoms with Gasteiger partial charge in [-0.05, 0) is 52.4 Å². The summed E-state index contributed by atoms with van der Waals surface area (Å²) in [6.07, 6.45) is 4.91. The lowest BCUT2D eigenvalue weighted by Gasteiger charge is -2.12. The van der Waals surface area contributed by atoms with E-state index in [1.54, 1.807) is 36.7 Å². The second-order valence-electron chi connectivity index (χ2n) is 8.16. The quantitative estimate of drug-likeness (QED) is 0.335. The number of rotatable bonds is 10. The van der Waals surface area contributed by atoms with Crippen molar-refractivity contribution in [2.75, 3.05) is 4.72 Å². The van der Waals surface area contributed by atoms with Gasteiger partial charge < -0.3 is 0 Å². The predicted molar refractivity (Wildman–Crippen MR) is 136 cm³/mol. The third kappa shape index (κ3) is 6.62. The van der Waals surface area contributed by atoms with Gasteiger partial charge >= 0.3 is 0 Å². The van der Waals surface area contributed by atoms with E-state index in [4.69, 9.17) is 0 Å². The highest BCUT2D eigenvalue weighted by Crippen LogP contribution is 2.25. The van der Waals surface area contributed by atoms with Crippen molar-refractivity contribution in [1.82, 2.24) is 4.98 Å². The van der Waals surface area contributed by atoms with Crippen LogP contribution in [0.2, 0.25) is 0 Å². The van der Waals surface area contributed by atoms with Gasteiger partial charge in [-0.1, -0.05) is 72.8 Å². The topological polar surface area (TPSA) is 76.1 Å². The van der Waals surface area contributed by atoms with Crippen molar-refractivity contribution < 1.29 is 13.2 Å². The first-order valence-corrected chi connectivity index (χ1v) is 12.8. The smallest absolute Gasteiger partial charge is 0.236 e. The van der Waals surface area contributed by atoms with Gasteiger partial charge in [-0.25, -0.2) is 8.42 Å².